The van der Waals surface area contributed by atoms with E-state index in [2.05, 4.69) is 10.3 Å². The lowest BCUT2D eigenvalue weighted by Gasteiger charge is -2.17. The first-order valence-electron chi connectivity index (χ1n) is 6.39. The molecule has 0 fully saturated rings. The fourth-order valence-corrected chi connectivity index (χ4v) is 2.15. The Kier molecular flexibility index (Phi) is 3.16. The summed E-state index contributed by atoms with van der Waals surface area (Å²) in [6, 6.07) is 8.48. The molecule has 2 heterocycles. The highest BCUT2D eigenvalue weighted by Gasteiger charge is 2.17. The Labute approximate surface area is 120 Å². The number of nitrogens with one attached hydrogen (secondary N) is 2. The van der Waals surface area contributed by atoms with Gasteiger partial charge in [0.1, 0.15) is 17.5 Å². The Hall–Kier alpha value is -3.07. The third kappa shape index (κ3) is 2.62. The summed E-state index contributed by atoms with van der Waals surface area (Å²) in [5.74, 6) is -0.290. The molecule has 1 aliphatic rings. The molecule has 6 heteroatoms. The average Bonchev–Trinajstić information content (AvgIpc) is 2.96. The minimum atomic E-state index is -0.585. The molecule has 0 atom stereocenters. The van der Waals surface area contributed by atoms with Crippen molar-refractivity contribution < 1.29 is 14.3 Å². The van der Waals surface area contributed by atoms with E-state index in [-0.39, 0.29) is 11.6 Å². The number of aryl methyl sites for hydroxylation is 1. The lowest BCUT2D eigenvalue weighted by molar-refractivity contribution is -0.116. The Balaban J connectivity index is 1.79. The smallest absolute Gasteiger partial charge is 0.360 e. The summed E-state index contributed by atoms with van der Waals surface area (Å²) in [5.41, 5.74) is 2.25. The first-order chi connectivity index (χ1) is 10.2. The molecule has 6 nitrogen and oxygen atoms in total. The van der Waals surface area contributed by atoms with Crippen LogP contribution < -0.4 is 10.1 Å². The number of nitriles is 1. The van der Waals surface area contributed by atoms with Crippen LogP contribution in [0.15, 0.2) is 30.5 Å². The van der Waals surface area contributed by atoms with Crippen LogP contribution in [0.1, 0.15) is 28.0 Å². The molecule has 0 unspecified atom stereocenters. The van der Waals surface area contributed by atoms with Gasteiger partial charge in [-0.3, -0.25) is 4.79 Å². The molecule has 0 radical (unpaired) electrons. The van der Waals surface area contributed by atoms with Crippen molar-refractivity contribution in [2.24, 2.45) is 0 Å². The predicted molar refractivity (Wildman–Crippen MR) is 73.9 cm³/mol. The molecule has 104 valence electrons. The molecule has 0 saturated carbocycles. The van der Waals surface area contributed by atoms with Crippen LogP contribution >= 0.6 is 0 Å². The number of hydrogen-bond donors (Lipinski definition) is 2. The minimum absolute atomic E-state index is 0.0472. The van der Waals surface area contributed by atoms with E-state index in [0.717, 1.165) is 5.56 Å². The molecular weight excluding hydrogens is 270 g/mol. The number of rotatable bonds is 2. The Morgan fingerprint density at radius 2 is 2.14 bits per heavy atom. The van der Waals surface area contributed by atoms with Gasteiger partial charge in [0.25, 0.3) is 0 Å². The molecule has 1 aromatic carbocycles. The number of aromatic nitrogens is 1. The zero-order valence-electron chi connectivity index (χ0n) is 11.0. The number of esters is 1. The van der Waals surface area contributed by atoms with Gasteiger partial charge in [-0.2, -0.15) is 5.26 Å². The number of carbonyl (C=O) groups excluding carboxylic acids is 2. The highest BCUT2D eigenvalue weighted by molar-refractivity contribution is 5.94. The van der Waals surface area contributed by atoms with Crippen molar-refractivity contribution in [1.29, 1.82) is 5.26 Å². The molecule has 2 aromatic rings. The Morgan fingerprint density at radius 1 is 1.29 bits per heavy atom. The van der Waals surface area contributed by atoms with Gasteiger partial charge >= 0.3 is 5.97 Å². The second-order valence-electron chi connectivity index (χ2n) is 4.67. The molecule has 1 amide bonds. The van der Waals surface area contributed by atoms with Crippen LogP contribution in [0.3, 0.4) is 0 Å². The highest BCUT2D eigenvalue weighted by Crippen LogP contribution is 2.27. The minimum Gasteiger partial charge on any atom is -0.422 e. The number of ether oxygens (including phenoxy) is 1. The van der Waals surface area contributed by atoms with E-state index in [1.807, 2.05) is 12.1 Å². The third-order valence-electron chi connectivity index (χ3n) is 3.22. The van der Waals surface area contributed by atoms with Gasteiger partial charge in [-0.15, -0.1) is 0 Å². The molecule has 1 aromatic heterocycles. The molecule has 2 N–H and O–H groups in total. The van der Waals surface area contributed by atoms with Crippen LogP contribution in [0, 0.1) is 11.3 Å². The topological polar surface area (TPSA) is 95.0 Å². The first-order valence-corrected chi connectivity index (χ1v) is 6.39. The fraction of sp³-hybridized carbons (Fsp3) is 0.133. The lowest BCUT2D eigenvalue weighted by Crippen LogP contribution is -2.19. The zero-order chi connectivity index (χ0) is 14.8. The summed E-state index contributed by atoms with van der Waals surface area (Å²) < 4.78 is 5.23. The van der Waals surface area contributed by atoms with E-state index in [1.165, 1.54) is 12.3 Å². The van der Waals surface area contributed by atoms with Crippen LogP contribution in [0.4, 0.5) is 5.69 Å². The van der Waals surface area contributed by atoms with Gasteiger partial charge in [0.15, 0.2) is 0 Å². The highest BCUT2D eigenvalue weighted by atomic mass is 16.5. The number of H-pyrrole nitrogens is 1. The van der Waals surface area contributed by atoms with Crippen molar-refractivity contribution in [1.82, 2.24) is 4.98 Å². The standard InChI is InChI=1S/C15H11N3O3/c16-7-9-5-13(17-8-9)15(20)21-11-3-1-10-2-4-14(19)18-12(10)6-11/h1,3,5-6,8,17H,2,4H2,(H,18,19). The molecule has 0 aliphatic carbocycles. The molecule has 0 spiro atoms. The second kappa shape index (κ2) is 5.13. The van der Waals surface area contributed by atoms with Gasteiger partial charge in [-0.1, -0.05) is 6.07 Å². The fourth-order valence-electron chi connectivity index (χ4n) is 2.15. The summed E-state index contributed by atoms with van der Waals surface area (Å²) in [4.78, 5) is 26.0. The quantitative estimate of drug-likeness (QED) is 0.650. The van der Waals surface area contributed by atoms with Crippen molar-refractivity contribution in [3.63, 3.8) is 0 Å². The van der Waals surface area contributed by atoms with E-state index in [9.17, 15) is 9.59 Å². The maximum atomic E-state index is 11.9. The van der Waals surface area contributed by atoms with Crippen molar-refractivity contribution in [3.05, 3.63) is 47.3 Å². The van der Waals surface area contributed by atoms with E-state index in [1.54, 1.807) is 12.1 Å². The van der Waals surface area contributed by atoms with Crippen LogP contribution in [-0.2, 0) is 11.2 Å². The number of anilines is 1. The summed E-state index contributed by atoms with van der Waals surface area (Å²) >= 11 is 0. The molecule has 0 saturated heterocycles. The maximum absolute atomic E-state index is 11.9. The van der Waals surface area contributed by atoms with Crippen LogP contribution in [0.5, 0.6) is 5.75 Å². The number of amides is 1. The normalized spacial score (nSPS) is 13.0. The monoisotopic (exact) mass is 281 g/mol. The van der Waals surface area contributed by atoms with Crippen molar-refractivity contribution >= 4 is 17.6 Å². The molecule has 0 bridgehead atoms. The molecule has 3 rings (SSSR count). The zero-order valence-corrected chi connectivity index (χ0v) is 11.0. The van der Waals surface area contributed by atoms with Gasteiger partial charge in [-0.05, 0) is 24.1 Å². The van der Waals surface area contributed by atoms with E-state index >= 15 is 0 Å². The van der Waals surface area contributed by atoms with Gasteiger partial charge in [-0.25, -0.2) is 4.79 Å². The first kappa shape index (κ1) is 12.9. The molecule has 21 heavy (non-hydrogen) atoms. The van der Waals surface area contributed by atoms with E-state index < -0.39 is 5.97 Å². The molecular formula is C15H11N3O3. The van der Waals surface area contributed by atoms with Crippen molar-refractivity contribution in [2.75, 3.05) is 5.32 Å². The van der Waals surface area contributed by atoms with Crippen LogP contribution in [0.2, 0.25) is 0 Å². The largest absolute Gasteiger partial charge is 0.422 e. The predicted octanol–water partition coefficient (Wildman–Crippen LogP) is 1.99. The summed E-state index contributed by atoms with van der Waals surface area (Å²) in [6.07, 6.45) is 2.58. The van der Waals surface area contributed by atoms with Gasteiger partial charge < -0.3 is 15.0 Å². The second-order valence-corrected chi connectivity index (χ2v) is 4.67. The van der Waals surface area contributed by atoms with E-state index in [0.29, 0.717) is 29.8 Å². The SMILES string of the molecule is N#Cc1c[nH]c(C(=O)Oc2ccc3c(c2)NC(=O)CC3)c1. The summed E-state index contributed by atoms with van der Waals surface area (Å²) in [5, 5.41) is 11.5. The van der Waals surface area contributed by atoms with Gasteiger partial charge in [0.2, 0.25) is 5.91 Å². The number of hydrogen-bond acceptors (Lipinski definition) is 4. The number of benzene rings is 1. The van der Waals surface area contributed by atoms with E-state index in [4.69, 9.17) is 10.00 Å². The van der Waals surface area contributed by atoms with Crippen molar-refractivity contribution in [2.45, 2.75) is 12.8 Å². The van der Waals surface area contributed by atoms with Crippen LogP contribution in [0.25, 0.3) is 0 Å². The Morgan fingerprint density at radius 3 is 2.90 bits per heavy atom. The van der Waals surface area contributed by atoms with Gasteiger partial charge in [0.05, 0.1) is 5.56 Å². The number of carbonyl (C=O) groups is 2. The summed E-state index contributed by atoms with van der Waals surface area (Å²) in [6.45, 7) is 0. The summed E-state index contributed by atoms with van der Waals surface area (Å²) in [7, 11) is 0. The lowest BCUT2D eigenvalue weighted by atomic mass is 10.0. The maximum Gasteiger partial charge on any atom is 0.360 e. The van der Waals surface area contributed by atoms with Gasteiger partial charge in [0, 0.05) is 24.4 Å². The average molecular weight is 281 g/mol. The number of nitrogens with zero attached hydrogens (tertiary/aromatic N) is 1. The number of aromatic amines is 1. The van der Waals surface area contributed by atoms with Crippen LogP contribution in [-0.4, -0.2) is 16.9 Å². The molecule has 1 aliphatic heterocycles. The Bertz CT molecular complexity index is 771. The van der Waals surface area contributed by atoms with Crippen molar-refractivity contribution in [3.8, 4) is 11.8 Å². The number of fused-ring (bicyclic) bond motifs is 1. The third-order valence-corrected chi connectivity index (χ3v) is 3.22.